The van der Waals surface area contributed by atoms with Crippen LogP contribution in [-0.4, -0.2) is 60.6 Å². The third-order valence-corrected chi connectivity index (χ3v) is 9.06. The minimum absolute atomic E-state index is 0.0830. The molecule has 0 spiro atoms. The predicted octanol–water partition coefficient (Wildman–Crippen LogP) is 5.07. The van der Waals surface area contributed by atoms with Crippen molar-refractivity contribution in [2.75, 3.05) is 33.9 Å². The van der Waals surface area contributed by atoms with E-state index in [2.05, 4.69) is 11.9 Å². The Labute approximate surface area is 229 Å². The first-order valence-electron chi connectivity index (χ1n) is 13.2. The number of hydrogen-bond acceptors (Lipinski definition) is 7. The maximum Gasteiger partial charge on any atom is 0.304 e. The number of likely N-dealkylation sites (tertiary alicyclic amines) is 1. The van der Waals surface area contributed by atoms with E-state index < -0.39 is 29.4 Å². The van der Waals surface area contributed by atoms with Gasteiger partial charge in [0.25, 0.3) is 0 Å². The molecule has 1 N–H and O–H groups in total. The van der Waals surface area contributed by atoms with Gasteiger partial charge in [-0.15, -0.1) is 11.3 Å². The number of carboxylic acids is 1. The third kappa shape index (κ3) is 5.91. The third-order valence-electron chi connectivity index (χ3n) is 7.98. The summed E-state index contributed by atoms with van der Waals surface area (Å²) in [5.74, 6) is -1.58. The molecule has 1 aliphatic heterocycles. The summed E-state index contributed by atoms with van der Waals surface area (Å²) in [6.45, 7) is 2.74. The molecule has 0 unspecified atom stereocenters. The molecule has 0 radical (unpaired) electrons. The number of aryl methyl sites for hydroxylation is 1. The Balaban J connectivity index is 1.28. The van der Waals surface area contributed by atoms with Gasteiger partial charge >= 0.3 is 5.97 Å². The summed E-state index contributed by atoms with van der Waals surface area (Å²) in [5.41, 5.74) is 0.510. The van der Waals surface area contributed by atoms with E-state index in [1.54, 1.807) is 7.11 Å². The smallest absolute Gasteiger partial charge is 0.304 e. The number of aliphatic carboxylic acids is 1. The fourth-order valence-corrected chi connectivity index (χ4v) is 6.72. The quantitative estimate of drug-likeness (QED) is 0.372. The Morgan fingerprint density at radius 2 is 1.77 bits per heavy atom. The van der Waals surface area contributed by atoms with Crippen molar-refractivity contribution in [3.8, 4) is 11.5 Å². The number of Topliss-reactive ketones (excluding diaryl/α,β-unsaturated/α-hetero) is 1. The maximum atomic E-state index is 13.8. The zero-order chi connectivity index (χ0) is 27.7. The summed E-state index contributed by atoms with van der Waals surface area (Å²) >= 11 is 1.45. The fraction of sp³-hybridized carbons (Fsp3) is 0.483. The lowest BCUT2D eigenvalue weighted by atomic mass is 9.76. The van der Waals surface area contributed by atoms with Crippen LogP contribution in [0.2, 0.25) is 0 Å². The van der Waals surface area contributed by atoms with Gasteiger partial charge in [-0.25, -0.2) is 13.8 Å². The molecule has 1 saturated heterocycles. The summed E-state index contributed by atoms with van der Waals surface area (Å²) in [5, 5.41) is 10.3. The van der Waals surface area contributed by atoms with Gasteiger partial charge in [-0.05, 0) is 75.0 Å². The van der Waals surface area contributed by atoms with Crippen LogP contribution in [-0.2, 0) is 28.9 Å². The van der Waals surface area contributed by atoms with E-state index in [1.165, 1.54) is 11.3 Å². The average molecular weight is 559 g/mol. The number of piperidine rings is 1. The monoisotopic (exact) mass is 558 g/mol. The first-order chi connectivity index (χ1) is 18.7. The normalized spacial score (nSPS) is 17.3. The van der Waals surface area contributed by atoms with E-state index in [4.69, 9.17) is 14.5 Å². The van der Waals surface area contributed by atoms with Crippen LogP contribution in [0.1, 0.15) is 41.8 Å². The van der Waals surface area contributed by atoms with Gasteiger partial charge in [-0.3, -0.25) is 9.59 Å². The second kappa shape index (κ2) is 11.2. The average Bonchev–Trinajstić information content (AvgIpc) is 3.46. The Hall–Kier alpha value is -3.11. The number of rotatable bonds is 10. The van der Waals surface area contributed by atoms with Crippen molar-refractivity contribution in [3.05, 3.63) is 52.0 Å². The zero-order valence-electron chi connectivity index (χ0n) is 22.1. The Bertz CT molecular complexity index is 1370. The molecular weight excluding hydrogens is 526 g/mol. The van der Waals surface area contributed by atoms with Gasteiger partial charge in [-0.1, -0.05) is 0 Å². The Morgan fingerprint density at radius 3 is 2.38 bits per heavy atom. The molecule has 0 atom stereocenters. The van der Waals surface area contributed by atoms with Gasteiger partial charge in [-0.2, -0.15) is 0 Å². The molecule has 7 nitrogen and oxygen atoms in total. The zero-order valence-corrected chi connectivity index (χ0v) is 22.9. The van der Waals surface area contributed by atoms with Crippen molar-refractivity contribution >= 4 is 33.3 Å². The van der Waals surface area contributed by atoms with Crippen LogP contribution >= 0.6 is 11.3 Å². The number of ether oxygens (including phenoxy) is 2. The van der Waals surface area contributed by atoms with Crippen molar-refractivity contribution in [2.45, 2.75) is 44.9 Å². The molecule has 10 heteroatoms. The summed E-state index contributed by atoms with van der Waals surface area (Å²) in [6, 6.07) is 5.92. The van der Waals surface area contributed by atoms with E-state index in [9.17, 15) is 23.5 Å². The topological polar surface area (TPSA) is 89.0 Å². The molecule has 0 bridgehead atoms. The van der Waals surface area contributed by atoms with Crippen LogP contribution in [0.5, 0.6) is 11.5 Å². The Morgan fingerprint density at radius 1 is 1.10 bits per heavy atom. The van der Waals surface area contributed by atoms with Crippen LogP contribution in [0.15, 0.2) is 24.3 Å². The molecule has 1 fully saturated rings. The van der Waals surface area contributed by atoms with E-state index in [0.717, 1.165) is 53.3 Å². The molecule has 39 heavy (non-hydrogen) atoms. The number of ketones is 1. The highest BCUT2D eigenvalue weighted by molar-refractivity contribution is 7.18. The van der Waals surface area contributed by atoms with Crippen molar-refractivity contribution in [3.63, 3.8) is 0 Å². The lowest BCUT2D eigenvalue weighted by Gasteiger charge is -2.28. The van der Waals surface area contributed by atoms with Gasteiger partial charge in [0.1, 0.15) is 5.78 Å². The van der Waals surface area contributed by atoms with E-state index in [1.807, 2.05) is 12.1 Å². The molecule has 0 saturated carbocycles. The lowest BCUT2D eigenvalue weighted by molar-refractivity contribution is -0.144. The summed E-state index contributed by atoms with van der Waals surface area (Å²) in [7, 11) is 3.73. The summed E-state index contributed by atoms with van der Waals surface area (Å²) < 4.78 is 40.2. The van der Waals surface area contributed by atoms with Crippen molar-refractivity contribution < 1.29 is 33.0 Å². The van der Waals surface area contributed by atoms with Gasteiger partial charge in [0.15, 0.2) is 23.1 Å². The molecule has 1 aromatic heterocycles. The molecule has 208 valence electrons. The van der Waals surface area contributed by atoms with E-state index in [0.29, 0.717) is 41.6 Å². The number of methoxy groups -OCH3 is 1. The highest BCUT2D eigenvalue weighted by Crippen LogP contribution is 2.43. The van der Waals surface area contributed by atoms with Crippen molar-refractivity contribution in [2.24, 2.45) is 11.3 Å². The highest BCUT2D eigenvalue weighted by atomic mass is 32.1. The SMILES string of the molecule is COc1cc2sc(CCC(=O)C3(CC(=O)O)Cc4cc(F)c(F)cc4C3)nc2cc1OCC1CCN(C)CC1. The minimum atomic E-state index is -1.22. The number of fused-ring (bicyclic) bond motifs is 2. The van der Waals surface area contributed by atoms with Gasteiger partial charge in [0, 0.05) is 30.4 Å². The molecule has 3 aromatic rings. The summed E-state index contributed by atoms with van der Waals surface area (Å²) in [4.78, 5) is 32.1. The number of carbonyl (C=O) groups is 2. The number of aromatic nitrogens is 1. The predicted molar refractivity (Wildman–Crippen MR) is 144 cm³/mol. The molecule has 0 amide bonds. The van der Waals surface area contributed by atoms with E-state index in [-0.39, 0.29) is 25.0 Å². The number of hydrogen-bond donors (Lipinski definition) is 1. The number of thiazole rings is 1. The Kier molecular flexibility index (Phi) is 7.87. The second-order valence-electron chi connectivity index (χ2n) is 10.8. The summed E-state index contributed by atoms with van der Waals surface area (Å²) in [6.07, 6.45) is 2.39. The van der Waals surface area contributed by atoms with Crippen LogP contribution in [0.3, 0.4) is 0 Å². The van der Waals surface area contributed by atoms with Crippen LogP contribution in [0, 0.1) is 23.0 Å². The fourth-order valence-electron chi connectivity index (χ4n) is 5.75. The first-order valence-corrected chi connectivity index (χ1v) is 14.0. The molecule has 2 aromatic carbocycles. The number of halogens is 2. The van der Waals surface area contributed by atoms with Crippen molar-refractivity contribution in [1.29, 1.82) is 0 Å². The van der Waals surface area contributed by atoms with Crippen LogP contribution in [0.25, 0.3) is 10.2 Å². The number of benzene rings is 2. The van der Waals surface area contributed by atoms with Gasteiger partial charge in [0.2, 0.25) is 0 Å². The molecule has 2 aliphatic rings. The standard InChI is InChI=1S/C29H32F2N2O5S/c1-33-7-5-17(6-8-33)16-38-24-11-22-25(12-23(24)37-2)39-27(32-22)4-3-26(34)29(15-28(35)36)13-18-9-20(30)21(31)10-19(18)14-29/h9-12,17H,3-8,13-16H2,1-2H3,(H,35,36). The maximum absolute atomic E-state index is 13.8. The molecule has 1 aliphatic carbocycles. The largest absolute Gasteiger partial charge is 0.493 e. The second-order valence-corrected chi connectivity index (χ2v) is 11.9. The molecule has 5 rings (SSSR count). The molecular formula is C29H32F2N2O5S. The number of carbonyl (C=O) groups excluding carboxylic acids is 1. The number of nitrogens with zero attached hydrogens (tertiary/aromatic N) is 2. The van der Waals surface area contributed by atoms with Gasteiger partial charge in [0.05, 0.1) is 35.4 Å². The van der Waals surface area contributed by atoms with Crippen LogP contribution in [0.4, 0.5) is 8.78 Å². The van der Waals surface area contributed by atoms with Crippen LogP contribution < -0.4 is 9.47 Å². The molecule has 2 heterocycles. The minimum Gasteiger partial charge on any atom is -0.493 e. The van der Waals surface area contributed by atoms with Gasteiger partial charge < -0.3 is 19.5 Å². The number of carboxylic acid groups (broad SMARTS) is 1. The first kappa shape index (κ1) is 27.5. The van der Waals surface area contributed by atoms with E-state index >= 15 is 0 Å². The van der Waals surface area contributed by atoms with Crippen molar-refractivity contribution in [1.82, 2.24) is 9.88 Å². The lowest BCUT2D eigenvalue weighted by Crippen LogP contribution is -2.35. The highest BCUT2D eigenvalue weighted by Gasteiger charge is 2.45.